The maximum atomic E-state index is 11.7. The molecule has 10 heteroatoms. The molecule has 1 fully saturated rings. The van der Waals surface area contributed by atoms with Crippen LogP contribution in [0, 0.1) is 5.92 Å². The van der Waals surface area contributed by atoms with Gasteiger partial charge in [-0.2, -0.15) is 12.7 Å². The normalized spacial score (nSPS) is 16.2. The first-order chi connectivity index (χ1) is 11.8. The smallest absolute Gasteiger partial charge is 0.341 e. The molecule has 0 bridgehead atoms. The van der Waals surface area contributed by atoms with Gasteiger partial charge in [0.2, 0.25) is 5.95 Å². The van der Waals surface area contributed by atoms with Crippen molar-refractivity contribution in [3.63, 3.8) is 0 Å². The Labute approximate surface area is 148 Å². The maximum absolute atomic E-state index is 11.7. The third-order valence-corrected chi connectivity index (χ3v) is 5.57. The van der Waals surface area contributed by atoms with E-state index < -0.39 is 16.2 Å². The summed E-state index contributed by atoms with van der Waals surface area (Å²) in [7, 11) is -0.375. The van der Waals surface area contributed by atoms with Crippen LogP contribution < -0.4 is 9.62 Å². The van der Waals surface area contributed by atoms with Gasteiger partial charge in [-0.05, 0) is 25.7 Å². The minimum atomic E-state index is -3.38. The van der Waals surface area contributed by atoms with Crippen LogP contribution in [0.4, 0.5) is 5.95 Å². The number of nitrogens with zero attached hydrogens (tertiary/aromatic N) is 4. The summed E-state index contributed by atoms with van der Waals surface area (Å²) in [5.74, 6) is 0.422. The largest absolute Gasteiger partial charge is 0.462 e. The zero-order valence-corrected chi connectivity index (χ0v) is 15.6. The summed E-state index contributed by atoms with van der Waals surface area (Å²) in [5.41, 5.74) is 0.332. The molecule has 0 spiro atoms. The number of hydrogen-bond acceptors (Lipinski definition) is 7. The van der Waals surface area contributed by atoms with Crippen LogP contribution in [0.3, 0.4) is 0 Å². The number of ether oxygens (including phenoxy) is 1. The highest BCUT2D eigenvalue weighted by atomic mass is 32.2. The van der Waals surface area contributed by atoms with Gasteiger partial charge in [0.25, 0.3) is 10.2 Å². The fraction of sp³-hybridized carbons (Fsp3) is 0.667. The van der Waals surface area contributed by atoms with Gasteiger partial charge in [0.15, 0.2) is 0 Å². The molecule has 140 valence electrons. The zero-order chi connectivity index (χ0) is 18.4. The Kier molecular flexibility index (Phi) is 6.68. The van der Waals surface area contributed by atoms with Crippen LogP contribution in [0.2, 0.25) is 0 Å². The van der Waals surface area contributed by atoms with Gasteiger partial charge in [0, 0.05) is 46.1 Å². The highest BCUT2D eigenvalue weighted by Gasteiger charge is 2.23. The molecule has 9 nitrogen and oxygen atoms in total. The quantitative estimate of drug-likeness (QED) is 0.686. The molecule has 2 heterocycles. The van der Waals surface area contributed by atoms with Crippen molar-refractivity contribution >= 4 is 22.1 Å². The first-order valence-corrected chi connectivity index (χ1v) is 9.68. The van der Waals surface area contributed by atoms with Gasteiger partial charge >= 0.3 is 5.97 Å². The Bertz CT molecular complexity index is 670. The van der Waals surface area contributed by atoms with E-state index >= 15 is 0 Å². The lowest BCUT2D eigenvalue weighted by atomic mass is 9.97. The van der Waals surface area contributed by atoms with Crippen molar-refractivity contribution < 1.29 is 17.9 Å². The summed E-state index contributed by atoms with van der Waals surface area (Å²) in [5, 5.41) is 0. The first kappa shape index (κ1) is 19.5. The lowest BCUT2D eigenvalue weighted by molar-refractivity contribution is 0.0525. The SMILES string of the molecule is CCOC(=O)c1cnc(N2CCC(CNS(=O)(=O)N(C)C)CC2)nc1. The highest BCUT2D eigenvalue weighted by Crippen LogP contribution is 2.20. The minimum Gasteiger partial charge on any atom is -0.462 e. The van der Waals surface area contributed by atoms with Crippen molar-refractivity contribution in [1.82, 2.24) is 19.0 Å². The molecule has 0 aromatic carbocycles. The summed E-state index contributed by atoms with van der Waals surface area (Å²) in [4.78, 5) is 22.1. The number of rotatable bonds is 7. The van der Waals surface area contributed by atoms with Crippen molar-refractivity contribution in [1.29, 1.82) is 0 Å². The van der Waals surface area contributed by atoms with E-state index in [0.717, 1.165) is 25.9 Å². The van der Waals surface area contributed by atoms with Gasteiger partial charge < -0.3 is 9.64 Å². The summed E-state index contributed by atoms with van der Waals surface area (Å²) >= 11 is 0. The average Bonchev–Trinajstić information content (AvgIpc) is 2.61. The van der Waals surface area contributed by atoms with Gasteiger partial charge in [-0.15, -0.1) is 0 Å². The molecular formula is C15H25N5O4S. The predicted molar refractivity (Wildman–Crippen MR) is 93.5 cm³/mol. The van der Waals surface area contributed by atoms with Crippen molar-refractivity contribution in [2.24, 2.45) is 5.92 Å². The highest BCUT2D eigenvalue weighted by molar-refractivity contribution is 7.87. The van der Waals surface area contributed by atoms with E-state index in [4.69, 9.17) is 4.74 Å². The second-order valence-electron chi connectivity index (χ2n) is 6.06. The van der Waals surface area contributed by atoms with E-state index in [2.05, 4.69) is 14.7 Å². The van der Waals surface area contributed by atoms with Crippen LogP contribution in [0.1, 0.15) is 30.1 Å². The average molecular weight is 371 g/mol. The molecule has 0 saturated carbocycles. The summed E-state index contributed by atoms with van der Waals surface area (Å²) in [6, 6.07) is 0. The van der Waals surface area contributed by atoms with Gasteiger partial charge in [-0.3, -0.25) is 0 Å². The second-order valence-corrected chi connectivity index (χ2v) is 8.03. The molecular weight excluding hydrogens is 346 g/mol. The molecule has 1 aromatic rings. The van der Waals surface area contributed by atoms with E-state index in [-0.39, 0.29) is 5.92 Å². The predicted octanol–water partition coefficient (Wildman–Crippen LogP) is 0.266. The van der Waals surface area contributed by atoms with Crippen molar-refractivity contribution in [2.45, 2.75) is 19.8 Å². The number of nitrogens with one attached hydrogen (secondary N) is 1. The van der Waals surface area contributed by atoms with Gasteiger partial charge in [-0.1, -0.05) is 0 Å². The second kappa shape index (κ2) is 8.54. The van der Waals surface area contributed by atoms with E-state index in [9.17, 15) is 13.2 Å². The molecule has 0 unspecified atom stereocenters. The van der Waals surface area contributed by atoms with E-state index in [1.165, 1.54) is 30.8 Å². The van der Waals surface area contributed by atoms with Gasteiger partial charge in [0.05, 0.1) is 12.2 Å². The number of piperidine rings is 1. The van der Waals surface area contributed by atoms with Crippen LogP contribution >= 0.6 is 0 Å². The minimum absolute atomic E-state index is 0.282. The third kappa shape index (κ3) is 5.35. The summed E-state index contributed by atoms with van der Waals surface area (Å²) in [6.07, 6.45) is 4.63. The van der Waals surface area contributed by atoms with Crippen LogP contribution in [0.15, 0.2) is 12.4 Å². The maximum Gasteiger partial charge on any atom is 0.341 e. The van der Waals surface area contributed by atoms with Gasteiger partial charge in [0.1, 0.15) is 0 Å². The Hall–Kier alpha value is -1.78. The number of esters is 1. The molecule has 1 saturated heterocycles. The lowest BCUT2D eigenvalue weighted by Crippen LogP contribution is -2.42. The topological polar surface area (TPSA) is 105 Å². The first-order valence-electron chi connectivity index (χ1n) is 8.24. The van der Waals surface area contributed by atoms with Crippen LogP contribution in [-0.2, 0) is 14.9 Å². The van der Waals surface area contributed by atoms with Crippen LogP contribution in [-0.4, -0.2) is 69.0 Å². The molecule has 1 aliphatic heterocycles. The summed E-state index contributed by atoms with van der Waals surface area (Å²) < 4.78 is 32.2. The van der Waals surface area contributed by atoms with E-state index in [1.54, 1.807) is 6.92 Å². The van der Waals surface area contributed by atoms with Crippen molar-refractivity contribution in [2.75, 3.05) is 45.2 Å². The van der Waals surface area contributed by atoms with Crippen LogP contribution in [0.25, 0.3) is 0 Å². The molecule has 1 aliphatic rings. The number of carbonyl (C=O) groups excluding carboxylic acids is 1. The Morgan fingerprint density at radius 1 is 1.32 bits per heavy atom. The molecule has 2 rings (SSSR count). The molecule has 0 aliphatic carbocycles. The molecule has 0 amide bonds. The number of anilines is 1. The van der Waals surface area contributed by atoms with Gasteiger partial charge in [-0.25, -0.2) is 19.5 Å². The summed E-state index contributed by atoms with van der Waals surface area (Å²) in [6.45, 7) is 3.97. The monoisotopic (exact) mass is 371 g/mol. The lowest BCUT2D eigenvalue weighted by Gasteiger charge is -2.32. The molecule has 25 heavy (non-hydrogen) atoms. The molecule has 1 N–H and O–H groups in total. The number of carbonyl (C=O) groups is 1. The Morgan fingerprint density at radius 2 is 1.92 bits per heavy atom. The van der Waals surface area contributed by atoms with Crippen molar-refractivity contribution in [3.05, 3.63) is 18.0 Å². The third-order valence-electron chi connectivity index (χ3n) is 4.08. The fourth-order valence-electron chi connectivity index (χ4n) is 2.49. The standard InChI is InChI=1S/C15H25N5O4S/c1-4-24-14(21)13-10-16-15(17-11-13)20-7-5-12(6-8-20)9-18-25(22,23)19(2)3/h10-12,18H,4-9H2,1-3H3. The number of aromatic nitrogens is 2. The molecule has 1 aromatic heterocycles. The molecule has 0 atom stereocenters. The number of hydrogen-bond donors (Lipinski definition) is 1. The molecule has 0 radical (unpaired) electrons. The Morgan fingerprint density at radius 3 is 2.44 bits per heavy atom. The van der Waals surface area contributed by atoms with E-state index in [0.29, 0.717) is 24.7 Å². The van der Waals surface area contributed by atoms with Crippen LogP contribution in [0.5, 0.6) is 0 Å². The van der Waals surface area contributed by atoms with Crippen molar-refractivity contribution in [3.8, 4) is 0 Å². The fourth-order valence-corrected chi connectivity index (χ4v) is 3.20. The Balaban J connectivity index is 1.85. The zero-order valence-electron chi connectivity index (χ0n) is 14.8. The van der Waals surface area contributed by atoms with E-state index in [1.807, 2.05) is 4.90 Å².